The molecule has 0 amide bonds. The molecular weight excluding hydrogens is 829 g/mol. The van der Waals surface area contributed by atoms with Crippen LogP contribution in [-0.2, 0) is 30.7 Å². The lowest BCUT2D eigenvalue weighted by Gasteiger charge is -2.44. The maximum Gasteiger partial charge on any atom is 0.387 e. The van der Waals surface area contributed by atoms with Gasteiger partial charge in [-0.05, 0) is 110 Å². The number of piperidine rings is 3. The van der Waals surface area contributed by atoms with Gasteiger partial charge in [0.15, 0.2) is 23.1 Å². The summed E-state index contributed by atoms with van der Waals surface area (Å²) in [4.78, 5) is 33.1. The van der Waals surface area contributed by atoms with Crippen LogP contribution in [0, 0.1) is 23.5 Å². The number of esters is 2. The van der Waals surface area contributed by atoms with Gasteiger partial charge < -0.3 is 18.9 Å². The van der Waals surface area contributed by atoms with Crippen molar-refractivity contribution in [2.75, 3.05) is 26.2 Å². The van der Waals surface area contributed by atoms with Gasteiger partial charge in [0.2, 0.25) is 10.0 Å². The van der Waals surface area contributed by atoms with Gasteiger partial charge in [-0.2, -0.15) is 13.5 Å². The van der Waals surface area contributed by atoms with Gasteiger partial charge in [0.05, 0.1) is 27.1 Å². The van der Waals surface area contributed by atoms with Crippen LogP contribution in [0.1, 0.15) is 64.9 Å². The van der Waals surface area contributed by atoms with Crippen LogP contribution >= 0.6 is 23.2 Å². The van der Waals surface area contributed by atoms with Crippen molar-refractivity contribution in [1.29, 1.82) is 0 Å². The zero-order valence-corrected chi connectivity index (χ0v) is 32.9. The first-order chi connectivity index (χ1) is 27.7. The number of rotatable bonds is 16. The lowest BCUT2D eigenvalue weighted by Crippen LogP contribution is -2.52. The van der Waals surface area contributed by atoms with Crippen molar-refractivity contribution >= 4 is 45.2 Å². The number of carbonyl (C=O) groups excluding carboxylic acids is 2. The standard InChI is InChI=1S/C40H37Cl2F4N3O8S/c41-29-18-47-19-30(42)28(29)17-34(24-7-9-33(57-40(45)46)35(16-24)54-21-22-4-5-22)55-38(50)26-2-1-3-27(14-26)58(52,53)48-37(25-6-8-31(43)32(44)15-25)39(51)56-36-20-49-12-10-23(36)11-13-49/h1-3,6-9,14-16,18-19,22-23,34,36-37,40,48H,4-5,10-13,17,20-21H2/t34-,36-,37?/m0/s1. The van der Waals surface area contributed by atoms with Gasteiger partial charge in [-0.25, -0.2) is 26.8 Å². The molecule has 4 aliphatic rings. The molecule has 4 fully saturated rings. The smallest absolute Gasteiger partial charge is 0.387 e. The van der Waals surface area contributed by atoms with E-state index in [-0.39, 0.29) is 63.1 Å². The lowest BCUT2D eigenvalue weighted by molar-refractivity contribution is -0.161. The van der Waals surface area contributed by atoms with E-state index in [0.29, 0.717) is 18.2 Å². The zero-order chi connectivity index (χ0) is 41.1. The number of pyridine rings is 1. The lowest BCUT2D eigenvalue weighted by atomic mass is 9.86. The molecule has 0 radical (unpaired) electrons. The number of carbonyl (C=O) groups is 2. The molecule has 3 aromatic carbocycles. The molecule has 4 heterocycles. The molecule has 2 bridgehead atoms. The Bertz CT molecular complexity index is 2260. The van der Waals surface area contributed by atoms with Crippen LogP contribution in [0.2, 0.25) is 10.0 Å². The third-order valence-electron chi connectivity index (χ3n) is 10.3. The molecule has 1 N–H and O–H groups in total. The monoisotopic (exact) mass is 865 g/mol. The highest BCUT2D eigenvalue weighted by Crippen LogP contribution is 2.38. The molecule has 308 valence electrons. The minimum Gasteiger partial charge on any atom is -0.489 e. The predicted octanol–water partition coefficient (Wildman–Crippen LogP) is 7.85. The number of hydrogen-bond acceptors (Lipinski definition) is 10. The molecule has 3 saturated heterocycles. The quantitative estimate of drug-likeness (QED) is 0.0877. The van der Waals surface area contributed by atoms with E-state index in [0.717, 1.165) is 57.0 Å². The Hall–Kier alpha value is -4.48. The average Bonchev–Trinajstić information content (AvgIpc) is 4.04. The number of nitrogens with zero attached hydrogens (tertiary/aromatic N) is 2. The number of halogens is 6. The van der Waals surface area contributed by atoms with E-state index < -0.39 is 63.4 Å². The van der Waals surface area contributed by atoms with Gasteiger partial charge >= 0.3 is 18.6 Å². The molecule has 8 rings (SSSR count). The molecule has 3 atom stereocenters. The van der Waals surface area contributed by atoms with Gasteiger partial charge in [-0.15, -0.1) is 0 Å². The predicted molar refractivity (Wildman–Crippen MR) is 202 cm³/mol. The molecular formula is C40H37Cl2F4N3O8S. The molecule has 0 spiro atoms. The van der Waals surface area contributed by atoms with Crippen LogP contribution in [0.4, 0.5) is 17.6 Å². The molecule has 18 heteroatoms. The van der Waals surface area contributed by atoms with Gasteiger partial charge in [-0.3, -0.25) is 9.88 Å². The van der Waals surface area contributed by atoms with Crippen LogP contribution < -0.4 is 14.2 Å². The molecule has 1 aliphatic carbocycles. The SMILES string of the molecule is O=C(O[C@@H](Cc1c(Cl)cncc1Cl)c1ccc(OC(F)F)c(OCC2CC2)c1)c1cccc(S(=O)(=O)NC(C(=O)O[C@H]2CN3CCC2CC3)c2ccc(F)c(F)c2)c1. The second kappa shape index (κ2) is 17.8. The van der Waals surface area contributed by atoms with E-state index in [1.54, 1.807) is 0 Å². The molecule has 58 heavy (non-hydrogen) atoms. The fourth-order valence-corrected chi connectivity index (χ4v) is 8.72. The highest BCUT2D eigenvalue weighted by atomic mass is 35.5. The molecule has 1 unspecified atom stereocenters. The number of ether oxygens (including phenoxy) is 4. The Labute approximate surface area is 341 Å². The van der Waals surface area contributed by atoms with Crippen LogP contribution in [0.3, 0.4) is 0 Å². The van der Waals surface area contributed by atoms with Crippen LogP contribution in [0.15, 0.2) is 78.0 Å². The molecule has 4 aromatic rings. The van der Waals surface area contributed by atoms with Gasteiger partial charge in [0.25, 0.3) is 0 Å². The minimum atomic E-state index is -4.67. The number of hydrogen-bond donors (Lipinski definition) is 1. The average molecular weight is 867 g/mol. The van der Waals surface area contributed by atoms with Crippen molar-refractivity contribution in [3.8, 4) is 11.5 Å². The normalized spacial score (nSPS) is 20.0. The summed E-state index contributed by atoms with van der Waals surface area (Å²) in [7, 11) is -4.67. The van der Waals surface area contributed by atoms with Crippen molar-refractivity contribution in [2.24, 2.45) is 11.8 Å². The van der Waals surface area contributed by atoms with Crippen LogP contribution in [0.25, 0.3) is 0 Å². The summed E-state index contributed by atoms with van der Waals surface area (Å²) in [5.74, 6) is -4.44. The van der Waals surface area contributed by atoms with Crippen molar-refractivity contribution in [3.05, 3.63) is 117 Å². The summed E-state index contributed by atoms with van der Waals surface area (Å²) >= 11 is 12.8. The number of alkyl halides is 2. The van der Waals surface area contributed by atoms with Gasteiger partial charge in [0.1, 0.15) is 18.2 Å². The van der Waals surface area contributed by atoms with E-state index >= 15 is 0 Å². The number of fused-ring (bicyclic) bond motifs is 3. The minimum absolute atomic E-state index is 0.0144. The van der Waals surface area contributed by atoms with Crippen molar-refractivity contribution < 1.29 is 54.5 Å². The molecule has 11 nitrogen and oxygen atoms in total. The maximum atomic E-state index is 14.4. The number of benzene rings is 3. The number of nitrogens with one attached hydrogen (secondary N) is 1. The summed E-state index contributed by atoms with van der Waals surface area (Å²) in [6, 6.07) is 9.59. The van der Waals surface area contributed by atoms with E-state index in [4.69, 9.17) is 37.4 Å². The highest BCUT2D eigenvalue weighted by Gasteiger charge is 2.39. The molecule has 3 aliphatic heterocycles. The Balaban J connectivity index is 1.16. The summed E-state index contributed by atoms with van der Waals surface area (Å²) in [6.07, 6.45) is 4.27. The second-order valence-corrected chi connectivity index (χ2v) is 16.9. The summed E-state index contributed by atoms with van der Waals surface area (Å²) in [6.45, 7) is -0.736. The largest absolute Gasteiger partial charge is 0.489 e. The number of aromatic nitrogens is 1. The number of sulfonamides is 1. The Morgan fingerprint density at radius 3 is 2.28 bits per heavy atom. The summed E-state index contributed by atoms with van der Waals surface area (Å²) in [5, 5.41) is 0.302. The van der Waals surface area contributed by atoms with Gasteiger partial charge in [0, 0.05) is 25.4 Å². The molecule has 1 saturated carbocycles. The van der Waals surface area contributed by atoms with Gasteiger partial charge in [-0.1, -0.05) is 41.4 Å². The fraction of sp³-hybridized carbons (Fsp3) is 0.375. The Morgan fingerprint density at radius 2 is 1.62 bits per heavy atom. The summed E-state index contributed by atoms with van der Waals surface area (Å²) < 4.78 is 107. The summed E-state index contributed by atoms with van der Waals surface area (Å²) in [5.41, 5.74) is 0.192. The van der Waals surface area contributed by atoms with Crippen LogP contribution in [0.5, 0.6) is 11.5 Å². The van der Waals surface area contributed by atoms with E-state index in [1.165, 1.54) is 48.8 Å². The Morgan fingerprint density at radius 1 is 0.897 bits per heavy atom. The van der Waals surface area contributed by atoms with E-state index in [1.807, 2.05) is 0 Å². The Kier molecular flexibility index (Phi) is 12.8. The van der Waals surface area contributed by atoms with E-state index in [2.05, 4.69) is 19.3 Å². The highest BCUT2D eigenvalue weighted by molar-refractivity contribution is 7.89. The third kappa shape index (κ3) is 10.0. The first kappa shape index (κ1) is 41.7. The van der Waals surface area contributed by atoms with Crippen molar-refractivity contribution in [1.82, 2.24) is 14.6 Å². The first-order valence-electron chi connectivity index (χ1n) is 18.4. The zero-order valence-electron chi connectivity index (χ0n) is 30.6. The molecule has 1 aromatic heterocycles. The van der Waals surface area contributed by atoms with Crippen molar-refractivity contribution in [2.45, 2.75) is 61.9 Å². The van der Waals surface area contributed by atoms with E-state index in [9.17, 15) is 35.6 Å². The van der Waals surface area contributed by atoms with Crippen LogP contribution in [-0.4, -0.2) is 69.2 Å². The maximum absolute atomic E-state index is 14.4. The fourth-order valence-electron chi connectivity index (χ4n) is 6.99. The van der Waals surface area contributed by atoms with Crippen molar-refractivity contribution in [3.63, 3.8) is 0 Å². The topological polar surface area (TPSA) is 133 Å². The second-order valence-electron chi connectivity index (χ2n) is 14.4. The first-order valence-corrected chi connectivity index (χ1v) is 20.7. The third-order valence-corrected chi connectivity index (χ3v) is 12.4.